The van der Waals surface area contributed by atoms with E-state index in [-0.39, 0.29) is 11.8 Å². The molecule has 2 aliphatic heterocycles. The van der Waals surface area contributed by atoms with Crippen molar-refractivity contribution in [2.24, 2.45) is 10.9 Å². The van der Waals surface area contributed by atoms with E-state index < -0.39 is 11.8 Å². The number of benzene rings is 1. The first-order valence-corrected chi connectivity index (χ1v) is 12.1. The molecule has 1 aromatic rings. The Morgan fingerprint density at radius 3 is 2.70 bits per heavy atom. The van der Waals surface area contributed by atoms with Crippen molar-refractivity contribution in [3.63, 3.8) is 0 Å². The third-order valence-electron chi connectivity index (χ3n) is 6.67. The monoisotopic (exact) mass is 450 g/mol. The summed E-state index contributed by atoms with van der Waals surface area (Å²) >= 11 is 0. The molecule has 33 heavy (non-hydrogen) atoms. The van der Waals surface area contributed by atoms with Gasteiger partial charge in [-0.05, 0) is 64.2 Å². The van der Waals surface area contributed by atoms with Gasteiger partial charge < -0.3 is 14.4 Å². The normalized spacial score (nSPS) is 19.0. The number of ether oxygens (including phenoxy) is 2. The van der Waals surface area contributed by atoms with Gasteiger partial charge in [0.1, 0.15) is 17.4 Å². The molecule has 0 amide bonds. The molecule has 6 nitrogen and oxygen atoms in total. The maximum atomic E-state index is 13.7. The Kier molecular flexibility index (Phi) is 6.46. The number of nitrogens with zero attached hydrogens (tertiary/aromatic N) is 2. The minimum atomic E-state index is -0.782. The average Bonchev–Trinajstić information content (AvgIpc) is 3.18. The number of anilines is 1. The van der Waals surface area contributed by atoms with Crippen molar-refractivity contribution in [2.45, 2.75) is 84.8 Å². The van der Waals surface area contributed by atoms with Crippen LogP contribution in [0.25, 0.3) is 0 Å². The fourth-order valence-electron chi connectivity index (χ4n) is 4.91. The predicted molar refractivity (Wildman–Crippen MR) is 130 cm³/mol. The summed E-state index contributed by atoms with van der Waals surface area (Å²) in [5.74, 6) is 1.05. The van der Waals surface area contributed by atoms with Crippen LogP contribution in [0.15, 0.2) is 46.1 Å². The molecule has 0 fully saturated rings. The maximum absolute atomic E-state index is 13.7. The molecular weight excluding hydrogens is 416 g/mol. The average molecular weight is 451 g/mol. The SMILES string of the molecule is CCC(CC)CCCC1=C2C(=O)c3cc(OC(=O)OC(C)(C)C)ccc3N3C=NC(=CC1)C23. The van der Waals surface area contributed by atoms with Crippen molar-refractivity contribution in [2.75, 3.05) is 4.90 Å². The topological polar surface area (TPSA) is 68.2 Å². The van der Waals surface area contributed by atoms with Gasteiger partial charge in [0.25, 0.3) is 0 Å². The van der Waals surface area contributed by atoms with Gasteiger partial charge in [-0.15, -0.1) is 0 Å². The first-order chi connectivity index (χ1) is 15.7. The number of carbonyl (C=O) groups excluding carboxylic acids is 2. The number of Topliss-reactive ketones (excluding diaryl/α,β-unsaturated/α-hetero) is 1. The minimum absolute atomic E-state index is 0.00882. The van der Waals surface area contributed by atoms with Gasteiger partial charge in [-0.25, -0.2) is 9.79 Å². The summed E-state index contributed by atoms with van der Waals surface area (Å²) in [6, 6.07) is 5.02. The molecule has 1 unspecified atom stereocenters. The molecule has 0 saturated heterocycles. The van der Waals surface area contributed by atoms with Gasteiger partial charge in [-0.1, -0.05) is 44.8 Å². The number of hydrogen-bond donors (Lipinski definition) is 0. The maximum Gasteiger partial charge on any atom is 0.514 e. The largest absolute Gasteiger partial charge is 0.514 e. The van der Waals surface area contributed by atoms with E-state index >= 15 is 0 Å². The van der Waals surface area contributed by atoms with E-state index in [4.69, 9.17) is 9.47 Å². The number of hydrogen-bond acceptors (Lipinski definition) is 6. The molecule has 3 aliphatic rings. The Labute approximate surface area is 196 Å². The summed E-state index contributed by atoms with van der Waals surface area (Å²) < 4.78 is 10.6. The van der Waals surface area contributed by atoms with Crippen molar-refractivity contribution in [3.05, 3.63) is 46.7 Å². The fourth-order valence-corrected chi connectivity index (χ4v) is 4.91. The van der Waals surface area contributed by atoms with Crippen LogP contribution in [0.2, 0.25) is 0 Å². The molecule has 0 bridgehead atoms. The lowest BCUT2D eigenvalue weighted by Gasteiger charge is -2.36. The van der Waals surface area contributed by atoms with E-state index in [0.29, 0.717) is 11.3 Å². The number of aliphatic imine (C=N–C) groups is 1. The van der Waals surface area contributed by atoms with Crippen LogP contribution in [-0.4, -0.2) is 29.9 Å². The molecular formula is C27H34N2O4. The van der Waals surface area contributed by atoms with Crippen LogP contribution in [0.1, 0.15) is 83.5 Å². The van der Waals surface area contributed by atoms with Crippen LogP contribution >= 0.6 is 0 Å². The first kappa shape index (κ1) is 23.3. The molecule has 0 saturated carbocycles. The summed E-state index contributed by atoms with van der Waals surface area (Å²) in [6.45, 7) is 9.84. The van der Waals surface area contributed by atoms with Crippen molar-refractivity contribution < 1.29 is 19.1 Å². The number of allylic oxidation sites excluding steroid dienone is 2. The Hall–Kier alpha value is -2.89. The van der Waals surface area contributed by atoms with Crippen LogP contribution in [0.5, 0.6) is 5.75 Å². The molecule has 1 aliphatic carbocycles. The molecule has 0 radical (unpaired) electrons. The van der Waals surface area contributed by atoms with Crippen molar-refractivity contribution >= 4 is 24.0 Å². The van der Waals surface area contributed by atoms with E-state index in [1.165, 1.54) is 24.8 Å². The third-order valence-corrected chi connectivity index (χ3v) is 6.67. The van der Waals surface area contributed by atoms with E-state index in [1.807, 2.05) is 12.4 Å². The quantitative estimate of drug-likeness (QED) is 0.346. The highest BCUT2D eigenvalue weighted by Crippen LogP contribution is 2.44. The Morgan fingerprint density at radius 2 is 2.00 bits per heavy atom. The van der Waals surface area contributed by atoms with Crippen LogP contribution in [0.4, 0.5) is 10.5 Å². The lowest BCUT2D eigenvalue weighted by molar-refractivity contribution is 0.0206. The second kappa shape index (κ2) is 9.16. The van der Waals surface area contributed by atoms with Crippen molar-refractivity contribution in [3.8, 4) is 5.75 Å². The van der Waals surface area contributed by atoms with E-state index in [2.05, 4.69) is 29.8 Å². The van der Waals surface area contributed by atoms with Crippen LogP contribution in [0.3, 0.4) is 0 Å². The summed E-state index contributed by atoms with van der Waals surface area (Å²) in [7, 11) is 0. The van der Waals surface area contributed by atoms with Gasteiger partial charge in [0, 0.05) is 11.1 Å². The first-order valence-electron chi connectivity index (χ1n) is 12.1. The van der Waals surface area contributed by atoms with E-state index in [0.717, 1.165) is 42.1 Å². The van der Waals surface area contributed by atoms with Gasteiger partial charge in [-0.3, -0.25) is 4.79 Å². The summed E-state index contributed by atoms with van der Waals surface area (Å²) in [5.41, 5.74) is 3.67. The molecule has 0 N–H and O–H groups in total. The number of ketones is 1. The highest BCUT2D eigenvalue weighted by molar-refractivity contribution is 6.19. The number of fused-ring (bicyclic) bond motifs is 2. The highest BCUT2D eigenvalue weighted by atomic mass is 16.7. The Bertz CT molecular complexity index is 1040. The molecule has 0 aromatic heterocycles. The second-order valence-corrected chi connectivity index (χ2v) is 10.1. The lowest BCUT2D eigenvalue weighted by atomic mass is 9.80. The molecule has 4 rings (SSSR count). The van der Waals surface area contributed by atoms with Gasteiger partial charge in [0.15, 0.2) is 5.78 Å². The van der Waals surface area contributed by atoms with Crippen LogP contribution in [-0.2, 0) is 4.74 Å². The van der Waals surface area contributed by atoms with E-state index in [9.17, 15) is 9.59 Å². The fraction of sp³-hybridized carbons (Fsp3) is 0.519. The Balaban J connectivity index is 1.61. The van der Waals surface area contributed by atoms with Crippen LogP contribution in [0, 0.1) is 5.92 Å². The molecule has 1 aromatic carbocycles. The zero-order valence-corrected chi connectivity index (χ0v) is 20.3. The summed E-state index contributed by atoms with van der Waals surface area (Å²) in [6.07, 6.45) is 9.55. The number of carbonyl (C=O) groups is 2. The number of rotatable bonds is 7. The molecule has 2 heterocycles. The molecule has 6 heteroatoms. The predicted octanol–water partition coefficient (Wildman–Crippen LogP) is 6.60. The highest BCUT2D eigenvalue weighted by Gasteiger charge is 2.43. The lowest BCUT2D eigenvalue weighted by Crippen LogP contribution is -2.42. The zero-order chi connectivity index (χ0) is 23.8. The smallest absolute Gasteiger partial charge is 0.428 e. The van der Waals surface area contributed by atoms with Gasteiger partial charge in [0.2, 0.25) is 0 Å². The third kappa shape index (κ3) is 4.75. The van der Waals surface area contributed by atoms with Crippen molar-refractivity contribution in [1.82, 2.24) is 0 Å². The standard InChI is InChI=1S/C27H34N2O4/c1-6-17(7-2)9-8-10-18-11-13-21-24-23(18)25(30)20-15-19(32-26(31)33-27(3,4)5)12-14-22(20)29(24)16-28-21/h12-17,24H,6-11H2,1-5H3. The van der Waals surface area contributed by atoms with Crippen LogP contribution < -0.4 is 9.64 Å². The molecule has 176 valence electrons. The summed E-state index contributed by atoms with van der Waals surface area (Å²) in [5, 5.41) is 0. The second-order valence-electron chi connectivity index (χ2n) is 10.1. The minimum Gasteiger partial charge on any atom is -0.428 e. The van der Waals surface area contributed by atoms with Gasteiger partial charge >= 0.3 is 6.16 Å². The van der Waals surface area contributed by atoms with Gasteiger partial charge in [0.05, 0.1) is 17.7 Å². The zero-order valence-electron chi connectivity index (χ0n) is 20.3. The summed E-state index contributed by atoms with van der Waals surface area (Å²) in [4.78, 5) is 32.5. The van der Waals surface area contributed by atoms with E-state index in [1.54, 1.807) is 32.9 Å². The van der Waals surface area contributed by atoms with Crippen molar-refractivity contribution in [1.29, 1.82) is 0 Å². The molecule has 1 atom stereocenters. The van der Waals surface area contributed by atoms with Gasteiger partial charge in [-0.2, -0.15) is 0 Å². The Morgan fingerprint density at radius 1 is 1.24 bits per heavy atom. The molecule has 0 spiro atoms.